The molecule has 1 heterocycles. The zero-order valence-electron chi connectivity index (χ0n) is 10.2. The van der Waals surface area contributed by atoms with Gasteiger partial charge in [-0.15, -0.1) is 0 Å². The van der Waals surface area contributed by atoms with Crippen molar-refractivity contribution in [2.24, 2.45) is 0 Å². The molecule has 1 aromatic carbocycles. The maximum atomic E-state index is 12.9. The van der Waals surface area contributed by atoms with Crippen molar-refractivity contribution in [3.63, 3.8) is 0 Å². The second kappa shape index (κ2) is 5.56. The van der Waals surface area contributed by atoms with E-state index in [-0.39, 0.29) is 0 Å². The first-order valence-corrected chi connectivity index (χ1v) is 6.49. The number of ether oxygens (including phenoxy) is 1. The molecule has 7 heteroatoms. The fourth-order valence-electron chi connectivity index (χ4n) is 1.71. The topological polar surface area (TPSA) is 58.6 Å². The van der Waals surface area contributed by atoms with Crippen molar-refractivity contribution in [3.05, 3.63) is 28.5 Å². The SMILES string of the molecule is C[C@H](Oc1ccc(F)cc1Br)C(=O)N1CCNC1=O. The zero-order valence-corrected chi connectivity index (χ0v) is 11.7. The maximum absolute atomic E-state index is 12.9. The molecule has 0 unspecified atom stereocenters. The smallest absolute Gasteiger partial charge is 0.324 e. The molecule has 0 radical (unpaired) electrons. The first kappa shape index (κ1) is 13.8. The number of benzene rings is 1. The third-order valence-electron chi connectivity index (χ3n) is 2.67. The van der Waals surface area contributed by atoms with E-state index in [1.54, 1.807) is 6.92 Å². The predicted molar refractivity (Wildman–Crippen MR) is 69.3 cm³/mol. The lowest BCUT2D eigenvalue weighted by Gasteiger charge is -2.19. The van der Waals surface area contributed by atoms with Gasteiger partial charge in [-0.25, -0.2) is 9.18 Å². The quantitative estimate of drug-likeness (QED) is 0.920. The number of imide groups is 1. The predicted octanol–water partition coefficient (Wildman–Crippen LogP) is 1.91. The van der Waals surface area contributed by atoms with Crippen LogP contribution in [0.1, 0.15) is 6.92 Å². The summed E-state index contributed by atoms with van der Waals surface area (Å²) < 4.78 is 18.8. The van der Waals surface area contributed by atoms with Gasteiger partial charge in [0.1, 0.15) is 11.6 Å². The Kier molecular flexibility index (Phi) is 4.04. The Morgan fingerprint density at radius 3 is 2.89 bits per heavy atom. The number of halogens is 2. The third-order valence-corrected chi connectivity index (χ3v) is 3.29. The molecule has 0 bridgehead atoms. The molecule has 0 spiro atoms. The van der Waals surface area contributed by atoms with Gasteiger partial charge in [0.15, 0.2) is 6.10 Å². The molecule has 1 atom stereocenters. The van der Waals surface area contributed by atoms with Crippen molar-refractivity contribution in [1.82, 2.24) is 10.2 Å². The van der Waals surface area contributed by atoms with E-state index in [1.165, 1.54) is 18.2 Å². The van der Waals surface area contributed by atoms with Gasteiger partial charge in [-0.2, -0.15) is 0 Å². The molecular weight excluding hydrogens is 319 g/mol. The van der Waals surface area contributed by atoms with Crippen LogP contribution in [0.2, 0.25) is 0 Å². The molecule has 1 aliphatic heterocycles. The summed E-state index contributed by atoms with van der Waals surface area (Å²) in [6, 6.07) is 3.49. The molecule has 1 saturated heterocycles. The third kappa shape index (κ3) is 3.04. The summed E-state index contributed by atoms with van der Waals surface area (Å²) in [6.45, 7) is 2.32. The van der Waals surface area contributed by atoms with Gasteiger partial charge in [0.25, 0.3) is 5.91 Å². The highest BCUT2D eigenvalue weighted by molar-refractivity contribution is 9.10. The number of nitrogens with one attached hydrogen (secondary N) is 1. The normalized spacial score (nSPS) is 16.2. The van der Waals surface area contributed by atoms with E-state index in [2.05, 4.69) is 21.2 Å². The Labute approximate surface area is 117 Å². The van der Waals surface area contributed by atoms with Crippen LogP contribution >= 0.6 is 15.9 Å². The zero-order chi connectivity index (χ0) is 14.0. The largest absolute Gasteiger partial charge is 0.480 e. The molecule has 0 aliphatic carbocycles. The van der Waals surface area contributed by atoms with Gasteiger partial charge in [0, 0.05) is 13.1 Å². The van der Waals surface area contributed by atoms with E-state index >= 15 is 0 Å². The van der Waals surface area contributed by atoms with Crippen LogP contribution in [0.5, 0.6) is 5.75 Å². The van der Waals surface area contributed by atoms with Gasteiger partial charge in [-0.1, -0.05) is 0 Å². The van der Waals surface area contributed by atoms with Gasteiger partial charge in [0.2, 0.25) is 0 Å². The van der Waals surface area contributed by atoms with Crippen LogP contribution in [0.4, 0.5) is 9.18 Å². The van der Waals surface area contributed by atoms with Gasteiger partial charge in [-0.3, -0.25) is 9.69 Å². The average molecular weight is 331 g/mol. The van der Waals surface area contributed by atoms with Gasteiger partial charge in [0.05, 0.1) is 4.47 Å². The van der Waals surface area contributed by atoms with Crippen molar-refractivity contribution in [2.45, 2.75) is 13.0 Å². The van der Waals surface area contributed by atoms with Crippen molar-refractivity contribution in [2.75, 3.05) is 13.1 Å². The van der Waals surface area contributed by atoms with Crippen molar-refractivity contribution < 1.29 is 18.7 Å². The maximum Gasteiger partial charge on any atom is 0.324 e. The molecule has 1 N–H and O–H groups in total. The highest BCUT2D eigenvalue weighted by Crippen LogP contribution is 2.26. The Balaban J connectivity index is 2.06. The molecule has 102 valence electrons. The molecule has 1 aliphatic rings. The summed E-state index contributed by atoms with van der Waals surface area (Å²) in [6.07, 6.45) is -0.828. The Morgan fingerprint density at radius 1 is 1.58 bits per heavy atom. The Hall–Kier alpha value is -1.63. The minimum atomic E-state index is -0.828. The summed E-state index contributed by atoms with van der Waals surface area (Å²) >= 11 is 3.15. The highest BCUT2D eigenvalue weighted by Gasteiger charge is 2.30. The number of urea groups is 1. The van der Waals surface area contributed by atoms with E-state index in [9.17, 15) is 14.0 Å². The van der Waals surface area contributed by atoms with E-state index in [0.29, 0.717) is 23.3 Å². The second-order valence-electron chi connectivity index (χ2n) is 4.06. The van der Waals surface area contributed by atoms with Gasteiger partial charge in [-0.05, 0) is 41.1 Å². The van der Waals surface area contributed by atoms with Crippen LogP contribution in [-0.2, 0) is 4.79 Å². The van der Waals surface area contributed by atoms with Crippen LogP contribution in [0.3, 0.4) is 0 Å². The minimum absolute atomic E-state index is 0.329. The minimum Gasteiger partial charge on any atom is -0.480 e. The highest BCUT2D eigenvalue weighted by atomic mass is 79.9. The fourth-order valence-corrected chi connectivity index (χ4v) is 2.16. The number of carbonyl (C=O) groups excluding carboxylic acids is 2. The lowest BCUT2D eigenvalue weighted by Crippen LogP contribution is -2.42. The number of hydrogen-bond donors (Lipinski definition) is 1. The van der Waals surface area contributed by atoms with E-state index in [0.717, 1.165) is 4.90 Å². The Morgan fingerprint density at radius 2 is 2.32 bits per heavy atom. The molecular formula is C12H12BrFN2O3. The summed E-state index contributed by atoms with van der Waals surface area (Å²) in [7, 11) is 0. The molecule has 1 aromatic rings. The second-order valence-corrected chi connectivity index (χ2v) is 4.91. The molecule has 3 amide bonds. The first-order valence-electron chi connectivity index (χ1n) is 5.70. The number of rotatable bonds is 3. The van der Waals surface area contributed by atoms with Crippen molar-refractivity contribution in [1.29, 1.82) is 0 Å². The number of nitrogens with zero attached hydrogens (tertiary/aromatic N) is 1. The lowest BCUT2D eigenvalue weighted by molar-refractivity contribution is -0.134. The van der Waals surface area contributed by atoms with Crippen LogP contribution in [0.15, 0.2) is 22.7 Å². The molecule has 5 nitrogen and oxygen atoms in total. The summed E-state index contributed by atoms with van der Waals surface area (Å²) in [5.74, 6) is -0.481. The van der Waals surface area contributed by atoms with Crippen LogP contribution < -0.4 is 10.1 Å². The van der Waals surface area contributed by atoms with Crippen molar-refractivity contribution in [3.8, 4) is 5.75 Å². The molecule has 19 heavy (non-hydrogen) atoms. The average Bonchev–Trinajstić information content (AvgIpc) is 2.78. The number of carbonyl (C=O) groups is 2. The molecule has 1 fully saturated rings. The van der Waals surface area contributed by atoms with E-state index < -0.39 is 23.9 Å². The van der Waals surface area contributed by atoms with Crippen molar-refractivity contribution >= 4 is 27.9 Å². The summed E-state index contributed by atoms with van der Waals surface area (Å²) in [4.78, 5) is 24.5. The number of amides is 3. The molecule has 0 saturated carbocycles. The van der Waals surface area contributed by atoms with Gasteiger partial charge >= 0.3 is 6.03 Å². The standard InChI is InChI=1S/C12H12BrFN2O3/c1-7(11(17)16-5-4-15-12(16)18)19-10-3-2-8(14)6-9(10)13/h2-3,6-7H,4-5H2,1H3,(H,15,18)/t7-/m0/s1. The van der Waals surface area contributed by atoms with E-state index in [1.807, 2.05) is 0 Å². The van der Waals surface area contributed by atoms with Crippen LogP contribution in [-0.4, -0.2) is 36.0 Å². The molecule has 2 rings (SSSR count). The Bertz CT molecular complexity index is 524. The fraction of sp³-hybridized carbons (Fsp3) is 0.333. The van der Waals surface area contributed by atoms with E-state index in [4.69, 9.17) is 4.74 Å². The van der Waals surface area contributed by atoms with Crippen LogP contribution in [0.25, 0.3) is 0 Å². The summed E-state index contributed by atoms with van der Waals surface area (Å²) in [5.41, 5.74) is 0. The lowest BCUT2D eigenvalue weighted by atomic mass is 10.3. The van der Waals surface area contributed by atoms with Crippen LogP contribution in [0, 0.1) is 5.82 Å². The number of hydrogen-bond acceptors (Lipinski definition) is 3. The van der Waals surface area contributed by atoms with Gasteiger partial charge < -0.3 is 10.1 Å². The molecule has 0 aromatic heterocycles. The monoisotopic (exact) mass is 330 g/mol. The first-order chi connectivity index (χ1) is 8.99. The summed E-state index contributed by atoms with van der Waals surface area (Å²) in [5, 5.41) is 2.54.